The molecule has 0 aliphatic heterocycles. The third-order valence-electron chi connectivity index (χ3n) is 2.15. The fourth-order valence-electron chi connectivity index (χ4n) is 1.55. The summed E-state index contributed by atoms with van der Waals surface area (Å²) in [5.74, 6) is 0.198. The predicted octanol–water partition coefficient (Wildman–Crippen LogP) is 0.457. The van der Waals surface area contributed by atoms with Crippen molar-refractivity contribution in [2.24, 2.45) is 0 Å². The molecule has 6 nitrogen and oxygen atoms in total. The summed E-state index contributed by atoms with van der Waals surface area (Å²) >= 11 is 0. The number of hydrogen-bond acceptors (Lipinski definition) is 4. The van der Waals surface area contributed by atoms with Crippen LogP contribution < -0.4 is 11.3 Å². The van der Waals surface area contributed by atoms with Gasteiger partial charge in [-0.05, 0) is 20.8 Å². The molecule has 2 heterocycles. The van der Waals surface area contributed by atoms with Crippen molar-refractivity contribution in [2.75, 3.05) is 5.73 Å². The van der Waals surface area contributed by atoms with Crippen LogP contribution in [0.25, 0.3) is 11.2 Å². The summed E-state index contributed by atoms with van der Waals surface area (Å²) < 4.78 is 1.44. The number of rotatable bonds is 0. The molecule has 0 atom stereocenters. The summed E-state index contributed by atoms with van der Waals surface area (Å²) in [6.07, 6.45) is 1.44. The van der Waals surface area contributed by atoms with Gasteiger partial charge in [0.2, 0.25) is 5.95 Å². The van der Waals surface area contributed by atoms with Gasteiger partial charge in [-0.3, -0.25) is 9.36 Å². The summed E-state index contributed by atoms with van der Waals surface area (Å²) in [6, 6.07) is 0. The van der Waals surface area contributed by atoms with Crippen LogP contribution in [0.2, 0.25) is 0 Å². The molecule has 3 N–H and O–H groups in total. The van der Waals surface area contributed by atoms with E-state index in [2.05, 4.69) is 15.0 Å². The zero-order chi connectivity index (χ0) is 11.2. The molecule has 0 fully saturated rings. The molecule has 0 saturated heterocycles. The van der Waals surface area contributed by atoms with Crippen molar-refractivity contribution in [1.29, 1.82) is 0 Å². The predicted molar refractivity (Wildman–Crippen MR) is 57.6 cm³/mol. The summed E-state index contributed by atoms with van der Waals surface area (Å²) in [6.45, 7) is 5.68. The van der Waals surface area contributed by atoms with Crippen molar-refractivity contribution < 1.29 is 0 Å². The quantitative estimate of drug-likeness (QED) is 0.656. The smallest absolute Gasteiger partial charge is 0.283 e. The van der Waals surface area contributed by atoms with E-state index in [1.165, 1.54) is 10.9 Å². The summed E-state index contributed by atoms with van der Waals surface area (Å²) in [7, 11) is 0. The molecule has 0 aromatic carbocycles. The van der Waals surface area contributed by atoms with Gasteiger partial charge in [-0.2, -0.15) is 4.98 Å². The van der Waals surface area contributed by atoms with Crippen LogP contribution in [0.3, 0.4) is 0 Å². The topological polar surface area (TPSA) is 89.6 Å². The number of imidazole rings is 1. The first kappa shape index (κ1) is 9.70. The number of nitrogen functional groups attached to an aromatic ring is 1. The maximum Gasteiger partial charge on any atom is 0.283 e. The van der Waals surface area contributed by atoms with Gasteiger partial charge >= 0.3 is 0 Å². The van der Waals surface area contributed by atoms with Crippen molar-refractivity contribution in [2.45, 2.75) is 26.3 Å². The van der Waals surface area contributed by atoms with Crippen LogP contribution in [0.5, 0.6) is 0 Å². The Balaban J connectivity index is 2.91. The molecule has 80 valence electrons. The molecule has 15 heavy (non-hydrogen) atoms. The van der Waals surface area contributed by atoms with E-state index in [9.17, 15) is 4.79 Å². The molecular weight excluding hydrogens is 194 g/mol. The number of nitrogens with zero attached hydrogens (tertiary/aromatic N) is 3. The fourth-order valence-corrected chi connectivity index (χ4v) is 1.55. The van der Waals surface area contributed by atoms with E-state index in [0.29, 0.717) is 11.2 Å². The lowest BCUT2D eigenvalue weighted by Gasteiger charge is -2.23. The van der Waals surface area contributed by atoms with Crippen LogP contribution in [0, 0.1) is 0 Å². The van der Waals surface area contributed by atoms with Gasteiger partial charge in [-0.25, -0.2) is 4.98 Å². The van der Waals surface area contributed by atoms with Crippen LogP contribution in [0.4, 0.5) is 5.95 Å². The van der Waals surface area contributed by atoms with Gasteiger partial charge < -0.3 is 10.7 Å². The number of aromatic amines is 1. The minimum absolute atomic E-state index is 0.198. The molecule has 2 aromatic heterocycles. The van der Waals surface area contributed by atoms with E-state index in [1.807, 2.05) is 20.8 Å². The lowest BCUT2D eigenvalue weighted by atomic mass is 10.1. The molecule has 0 bridgehead atoms. The molecule has 2 aromatic rings. The third-order valence-corrected chi connectivity index (χ3v) is 2.15. The lowest BCUT2D eigenvalue weighted by molar-refractivity contribution is 0.388. The Hall–Kier alpha value is -1.85. The minimum atomic E-state index is -0.401. The van der Waals surface area contributed by atoms with Crippen molar-refractivity contribution in [3.8, 4) is 0 Å². The van der Waals surface area contributed by atoms with Gasteiger partial charge in [0, 0.05) is 5.54 Å². The number of anilines is 1. The van der Waals surface area contributed by atoms with Crippen molar-refractivity contribution >= 4 is 17.1 Å². The Bertz CT molecular complexity index is 560. The maximum atomic E-state index is 12.0. The van der Waals surface area contributed by atoms with Gasteiger partial charge in [0.05, 0.1) is 6.33 Å². The first-order chi connectivity index (χ1) is 6.91. The highest BCUT2D eigenvalue weighted by Gasteiger charge is 2.20. The number of aromatic nitrogens is 4. The fraction of sp³-hybridized carbons (Fsp3) is 0.444. The highest BCUT2D eigenvalue weighted by Crippen LogP contribution is 2.15. The van der Waals surface area contributed by atoms with Gasteiger partial charge in [0.15, 0.2) is 11.2 Å². The first-order valence-electron chi connectivity index (χ1n) is 4.63. The molecule has 2 rings (SSSR count). The van der Waals surface area contributed by atoms with E-state index in [4.69, 9.17) is 5.73 Å². The van der Waals surface area contributed by atoms with E-state index >= 15 is 0 Å². The van der Waals surface area contributed by atoms with E-state index < -0.39 is 5.54 Å². The van der Waals surface area contributed by atoms with Crippen LogP contribution in [-0.4, -0.2) is 19.5 Å². The summed E-state index contributed by atoms with van der Waals surface area (Å²) in [5.41, 5.74) is 5.87. The summed E-state index contributed by atoms with van der Waals surface area (Å²) in [4.78, 5) is 22.8. The zero-order valence-corrected chi connectivity index (χ0v) is 8.90. The number of H-pyrrole nitrogens is 1. The molecule has 6 heteroatoms. The van der Waals surface area contributed by atoms with Gasteiger partial charge in [-0.15, -0.1) is 0 Å². The largest absolute Gasteiger partial charge is 0.369 e. The average Bonchev–Trinajstić information content (AvgIpc) is 2.48. The Morgan fingerprint density at radius 2 is 2.13 bits per heavy atom. The van der Waals surface area contributed by atoms with Crippen molar-refractivity contribution in [3.05, 3.63) is 16.7 Å². The first-order valence-corrected chi connectivity index (χ1v) is 4.63. The zero-order valence-electron chi connectivity index (χ0n) is 8.90. The number of nitrogens with one attached hydrogen (secondary N) is 1. The van der Waals surface area contributed by atoms with Crippen LogP contribution >= 0.6 is 0 Å². The molecule has 0 amide bonds. The lowest BCUT2D eigenvalue weighted by Crippen LogP contribution is -2.36. The number of nitrogens with two attached hydrogens (primary N) is 1. The molecular formula is C9H13N5O. The standard InChI is InChI=1S/C9H13N5O/c1-9(2,3)14-7(15)5-6(12-4-11-5)13-8(14)10/h4H,1-3H3,(H2,10,13)(H,11,12). The molecule has 0 aliphatic carbocycles. The van der Waals surface area contributed by atoms with Gasteiger partial charge in [-0.1, -0.05) is 0 Å². The van der Waals surface area contributed by atoms with Gasteiger partial charge in [0.25, 0.3) is 5.56 Å². The van der Waals surface area contributed by atoms with E-state index in [0.717, 1.165) is 0 Å². The Labute approximate surface area is 86.2 Å². The minimum Gasteiger partial charge on any atom is -0.369 e. The Kier molecular flexibility index (Phi) is 1.82. The molecule has 0 unspecified atom stereocenters. The van der Waals surface area contributed by atoms with Crippen LogP contribution in [-0.2, 0) is 5.54 Å². The Morgan fingerprint density at radius 1 is 1.47 bits per heavy atom. The monoisotopic (exact) mass is 207 g/mol. The van der Waals surface area contributed by atoms with Gasteiger partial charge in [0.1, 0.15) is 0 Å². The number of fused-ring (bicyclic) bond motifs is 1. The molecule has 0 aliphatic rings. The second kappa shape index (κ2) is 2.82. The van der Waals surface area contributed by atoms with Crippen LogP contribution in [0.1, 0.15) is 20.8 Å². The highest BCUT2D eigenvalue weighted by atomic mass is 16.1. The Morgan fingerprint density at radius 3 is 2.73 bits per heavy atom. The van der Waals surface area contributed by atoms with Crippen molar-refractivity contribution in [1.82, 2.24) is 19.5 Å². The number of hydrogen-bond donors (Lipinski definition) is 2. The molecule has 0 saturated carbocycles. The summed E-state index contributed by atoms with van der Waals surface area (Å²) in [5, 5.41) is 0. The average molecular weight is 207 g/mol. The van der Waals surface area contributed by atoms with E-state index in [1.54, 1.807) is 0 Å². The molecule has 0 spiro atoms. The maximum absolute atomic E-state index is 12.0. The second-order valence-electron chi connectivity index (χ2n) is 4.38. The molecule has 0 radical (unpaired) electrons. The SMILES string of the molecule is CC(C)(C)n1c(N)nc2[nH]cnc2c1=O. The van der Waals surface area contributed by atoms with Crippen LogP contribution in [0.15, 0.2) is 11.1 Å². The highest BCUT2D eigenvalue weighted by molar-refractivity contribution is 5.69. The normalized spacial score (nSPS) is 12.2. The van der Waals surface area contributed by atoms with E-state index in [-0.39, 0.29) is 11.5 Å². The van der Waals surface area contributed by atoms with Crippen molar-refractivity contribution in [3.63, 3.8) is 0 Å². The second-order valence-corrected chi connectivity index (χ2v) is 4.38. The third kappa shape index (κ3) is 1.38.